The predicted molar refractivity (Wildman–Crippen MR) is 113 cm³/mol. The molecule has 2 atom stereocenters. The highest BCUT2D eigenvalue weighted by atomic mass is 16.3. The van der Waals surface area contributed by atoms with Gasteiger partial charge in [0.2, 0.25) is 0 Å². The Morgan fingerprint density at radius 1 is 1.07 bits per heavy atom. The fourth-order valence-electron chi connectivity index (χ4n) is 4.11. The summed E-state index contributed by atoms with van der Waals surface area (Å²) in [7, 11) is 1.90. The summed E-state index contributed by atoms with van der Waals surface area (Å²) in [5.74, 6) is 0. The Kier molecular flexibility index (Phi) is 4.52. The van der Waals surface area contributed by atoms with Gasteiger partial charge in [0.1, 0.15) is 5.65 Å². The molecule has 148 valence electrons. The van der Waals surface area contributed by atoms with Crippen molar-refractivity contribution in [3.8, 4) is 22.5 Å². The number of nitrogens with zero attached hydrogens (tertiary/aromatic N) is 5. The van der Waals surface area contributed by atoms with E-state index < -0.39 is 0 Å². The van der Waals surface area contributed by atoms with Crippen molar-refractivity contribution in [2.75, 3.05) is 5.32 Å². The average Bonchev–Trinajstić information content (AvgIpc) is 3.34. The maximum absolute atomic E-state index is 9.94. The molecule has 7 nitrogen and oxygen atoms in total. The van der Waals surface area contributed by atoms with Gasteiger partial charge in [0.05, 0.1) is 35.6 Å². The lowest BCUT2D eigenvalue weighted by molar-refractivity contribution is 0.124. The number of nitrogens with one attached hydrogen (secondary N) is 1. The molecule has 4 aromatic heterocycles. The lowest BCUT2D eigenvalue weighted by Crippen LogP contribution is -2.29. The number of rotatable bonds is 4. The smallest absolute Gasteiger partial charge is 0.137 e. The van der Waals surface area contributed by atoms with Gasteiger partial charge in [-0.1, -0.05) is 0 Å². The second-order valence-corrected chi connectivity index (χ2v) is 7.78. The minimum Gasteiger partial charge on any atom is -0.393 e. The number of hydrogen-bond acceptors (Lipinski definition) is 5. The average molecular weight is 388 g/mol. The number of fused-ring (bicyclic) bond motifs is 1. The van der Waals surface area contributed by atoms with Gasteiger partial charge in [0.15, 0.2) is 0 Å². The number of aromatic nitrogens is 5. The lowest BCUT2D eigenvalue weighted by Gasteiger charge is -2.27. The minimum absolute atomic E-state index is 0.198. The zero-order valence-electron chi connectivity index (χ0n) is 16.4. The molecule has 2 unspecified atom stereocenters. The Hall–Kier alpha value is -3.19. The van der Waals surface area contributed by atoms with Gasteiger partial charge in [-0.15, -0.1) is 0 Å². The molecule has 0 spiro atoms. The van der Waals surface area contributed by atoms with Crippen LogP contribution in [-0.4, -0.2) is 41.4 Å². The second kappa shape index (κ2) is 7.33. The molecule has 4 aromatic rings. The van der Waals surface area contributed by atoms with E-state index in [4.69, 9.17) is 0 Å². The molecule has 0 saturated heterocycles. The van der Waals surface area contributed by atoms with Gasteiger partial charge < -0.3 is 10.4 Å². The number of aliphatic hydroxyl groups excluding tert-OH is 1. The third-order valence-electron chi connectivity index (χ3n) is 5.58. The lowest BCUT2D eigenvalue weighted by atomic mass is 9.93. The van der Waals surface area contributed by atoms with Crippen molar-refractivity contribution in [2.24, 2.45) is 7.05 Å². The summed E-state index contributed by atoms with van der Waals surface area (Å²) < 4.78 is 3.88. The largest absolute Gasteiger partial charge is 0.393 e. The van der Waals surface area contributed by atoms with Crippen LogP contribution in [0.1, 0.15) is 25.7 Å². The summed E-state index contributed by atoms with van der Waals surface area (Å²) in [6.07, 6.45) is 13.2. The molecule has 0 radical (unpaired) electrons. The van der Waals surface area contributed by atoms with Crippen LogP contribution in [0.5, 0.6) is 0 Å². The summed E-state index contributed by atoms with van der Waals surface area (Å²) >= 11 is 0. The number of anilines is 1. The Bertz CT molecular complexity index is 1150. The van der Waals surface area contributed by atoms with Crippen LogP contribution in [0, 0.1) is 0 Å². The van der Waals surface area contributed by atoms with Crippen LogP contribution in [0.4, 0.5) is 5.69 Å². The Morgan fingerprint density at radius 2 is 2.00 bits per heavy atom. The highest BCUT2D eigenvalue weighted by Crippen LogP contribution is 2.27. The molecule has 0 amide bonds. The molecule has 1 fully saturated rings. The van der Waals surface area contributed by atoms with Crippen molar-refractivity contribution in [1.82, 2.24) is 24.1 Å². The molecule has 7 heteroatoms. The SMILES string of the molecule is Cn1cc(-c2cc(-c3cnc4ccc(NC5CCCC(O)C5)cn34)ccn2)cn1. The molecular weight excluding hydrogens is 364 g/mol. The van der Waals surface area contributed by atoms with E-state index in [1.807, 2.05) is 44.0 Å². The molecule has 5 rings (SSSR count). The maximum Gasteiger partial charge on any atom is 0.137 e. The Morgan fingerprint density at radius 3 is 2.83 bits per heavy atom. The van der Waals surface area contributed by atoms with Crippen LogP contribution in [0.25, 0.3) is 28.2 Å². The first-order valence-electron chi connectivity index (χ1n) is 10.0. The highest BCUT2D eigenvalue weighted by molar-refractivity contribution is 5.70. The number of pyridine rings is 2. The van der Waals surface area contributed by atoms with E-state index in [0.717, 1.165) is 59.5 Å². The van der Waals surface area contributed by atoms with Crippen molar-refractivity contribution in [1.29, 1.82) is 0 Å². The predicted octanol–water partition coefficient (Wildman–Crippen LogP) is 3.51. The van der Waals surface area contributed by atoms with Gasteiger partial charge in [0, 0.05) is 42.8 Å². The van der Waals surface area contributed by atoms with E-state index in [9.17, 15) is 5.11 Å². The molecule has 29 heavy (non-hydrogen) atoms. The molecule has 2 N–H and O–H groups in total. The zero-order chi connectivity index (χ0) is 19.8. The summed E-state index contributed by atoms with van der Waals surface area (Å²) in [6.45, 7) is 0. The summed E-state index contributed by atoms with van der Waals surface area (Å²) in [5, 5.41) is 17.8. The van der Waals surface area contributed by atoms with Gasteiger partial charge in [-0.3, -0.25) is 14.1 Å². The third kappa shape index (κ3) is 3.61. The fourth-order valence-corrected chi connectivity index (χ4v) is 4.11. The van der Waals surface area contributed by atoms with E-state index in [0.29, 0.717) is 6.04 Å². The quantitative estimate of drug-likeness (QED) is 0.559. The van der Waals surface area contributed by atoms with Gasteiger partial charge >= 0.3 is 0 Å². The van der Waals surface area contributed by atoms with Crippen molar-refractivity contribution in [2.45, 2.75) is 37.8 Å². The van der Waals surface area contributed by atoms with E-state index in [1.54, 1.807) is 4.68 Å². The van der Waals surface area contributed by atoms with E-state index in [-0.39, 0.29) is 6.10 Å². The van der Waals surface area contributed by atoms with E-state index in [2.05, 4.69) is 43.1 Å². The van der Waals surface area contributed by atoms with Crippen molar-refractivity contribution in [3.63, 3.8) is 0 Å². The first-order chi connectivity index (χ1) is 14.2. The van der Waals surface area contributed by atoms with Crippen LogP contribution in [0.3, 0.4) is 0 Å². The molecule has 0 bridgehead atoms. The molecule has 1 aliphatic rings. The zero-order valence-corrected chi connectivity index (χ0v) is 16.4. The summed E-state index contributed by atoms with van der Waals surface area (Å²) in [5.41, 5.74) is 5.88. The van der Waals surface area contributed by atoms with E-state index >= 15 is 0 Å². The number of hydrogen-bond donors (Lipinski definition) is 2. The highest BCUT2D eigenvalue weighted by Gasteiger charge is 2.20. The third-order valence-corrected chi connectivity index (χ3v) is 5.58. The fraction of sp³-hybridized carbons (Fsp3) is 0.318. The van der Waals surface area contributed by atoms with Crippen LogP contribution >= 0.6 is 0 Å². The topological polar surface area (TPSA) is 80.3 Å². The second-order valence-electron chi connectivity index (χ2n) is 7.78. The number of aryl methyl sites for hydroxylation is 1. The molecular formula is C22H24N6O. The standard InChI is InChI=1S/C22H24N6O/c1-27-13-16(11-25-27)20-9-15(7-8-23-20)21-12-24-22-6-5-18(14-28(21)22)26-17-3-2-4-19(29)10-17/h5-9,11-14,17,19,26,29H,2-4,10H2,1H3. The van der Waals surface area contributed by atoms with Crippen LogP contribution in [0.2, 0.25) is 0 Å². The Labute approximate surface area is 169 Å². The van der Waals surface area contributed by atoms with Crippen molar-refractivity contribution < 1.29 is 5.11 Å². The number of imidazole rings is 1. The van der Waals surface area contributed by atoms with Crippen molar-refractivity contribution in [3.05, 3.63) is 55.2 Å². The van der Waals surface area contributed by atoms with Gasteiger partial charge in [0.25, 0.3) is 0 Å². The molecule has 4 heterocycles. The molecule has 0 aromatic carbocycles. The summed E-state index contributed by atoms with van der Waals surface area (Å²) in [4.78, 5) is 9.06. The Balaban J connectivity index is 1.47. The molecule has 1 aliphatic carbocycles. The van der Waals surface area contributed by atoms with Crippen LogP contribution in [-0.2, 0) is 7.05 Å². The molecule has 0 aliphatic heterocycles. The minimum atomic E-state index is -0.198. The number of aliphatic hydroxyl groups is 1. The van der Waals surface area contributed by atoms with Gasteiger partial charge in [-0.05, 0) is 49.9 Å². The van der Waals surface area contributed by atoms with Crippen LogP contribution in [0.15, 0.2) is 55.2 Å². The van der Waals surface area contributed by atoms with Gasteiger partial charge in [-0.2, -0.15) is 5.10 Å². The normalized spacial score (nSPS) is 19.5. The summed E-state index contributed by atoms with van der Waals surface area (Å²) in [6, 6.07) is 8.45. The first kappa shape index (κ1) is 17.9. The monoisotopic (exact) mass is 388 g/mol. The van der Waals surface area contributed by atoms with Gasteiger partial charge in [-0.25, -0.2) is 4.98 Å². The molecule has 1 saturated carbocycles. The first-order valence-corrected chi connectivity index (χ1v) is 10.0. The van der Waals surface area contributed by atoms with E-state index in [1.165, 1.54) is 0 Å². The van der Waals surface area contributed by atoms with Crippen LogP contribution < -0.4 is 5.32 Å². The maximum atomic E-state index is 9.94. The van der Waals surface area contributed by atoms with Crippen molar-refractivity contribution >= 4 is 11.3 Å².